The highest BCUT2D eigenvalue weighted by atomic mass is 79.9. The van der Waals surface area contributed by atoms with Crippen LogP contribution in [0.1, 0.15) is 16.7 Å². The van der Waals surface area contributed by atoms with Gasteiger partial charge in [-0.1, -0.05) is 28.1 Å². The largest absolute Gasteiger partial charge is 0.457 e. The molecule has 0 N–H and O–H groups in total. The van der Waals surface area contributed by atoms with Crippen LogP contribution in [0.25, 0.3) is 6.08 Å². The summed E-state index contributed by atoms with van der Waals surface area (Å²) in [5.41, 5.74) is 2.62. The van der Waals surface area contributed by atoms with Gasteiger partial charge >= 0.3 is 0 Å². The molecule has 0 bridgehead atoms. The smallest absolute Gasteiger partial charge is 0.133 e. The van der Waals surface area contributed by atoms with Gasteiger partial charge in [-0.2, -0.15) is 10.5 Å². The Morgan fingerprint density at radius 3 is 2.74 bits per heavy atom. The van der Waals surface area contributed by atoms with Crippen LogP contribution in [0.15, 0.2) is 48.5 Å². The normalized spacial score (nSPS) is 10.2. The van der Waals surface area contributed by atoms with E-state index in [1.165, 1.54) is 6.08 Å². The molecule has 2 aromatic rings. The quantitative estimate of drug-likeness (QED) is 0.544. The fourth-order valence-electron chi connectivity index (χ4n) is 1.95. The highest BCUT2D eigenvalue weighted by Gasteiger charge is 2.07. The molecule has 0 aliphatic rings. The summed E-state index contributed by atoms with van der Waals surface area (Å²) >= 11 is 3.21. The first-order chi connectivity index (χ1) is 11.3. The van der Waals surface area contributed by atoms with Crippen molar-refractivity contribution in [3.8, 4) is 23.6 Å². The van der Waals surface area contributed by atoms with Crippen molar-refractivity contribution in [1.82, 2.24) is 0 Å². The third-order valence-electron chi connectivity index (χ3n) is 2.96. The van der Waals surface area contributed by atoms with E-state index in [0.717, 1.165) is 11.1 Å². The molecule has 0 saturated carbocycles. The van der Waals surface area contributed by atoms with Crippen molar-refractivity contribution in [3.63, 3.8) is 0 Å². The Labute approximate surface area is 143 Å². The van der Waals surface area contributed by atoms with Crippen molar-refractivity contribution >= 4 is 22.0 Å². The second kappa shape index (κ2) is 8.75. The van der Waals surface area contributed by atoms with Gasteiger partial charge in [-0.25, -0.2) is 0 Å². The number of hydrogen-bond acceptors (Lipinski definition) is 4. The zero-order valence-corrected chi connectivity index (χ0v) is 13.8. The fourth-order valence-corrected chi connectivity index (χ4v) is 2.11. The lowest BCUT2D eigenvalue weighted by atomic mass is 10.1. The van der Waals surface area contributed by atoms with Gasteiger partial charge in [-0.05, 0) is 42.0 Å². The van der Waals surface area contributed by atoms with Crippen LogP contribution in [0.3, 0.4) is 0 Å². The summed E-state index contributed by atoms with van der Waals surface area (Å²) in [6.45, 7) is 0.337. The molecule has 0 aliphatic carbocycles. The number of allylic oxidation sites excluding steroid dienone is 1. The first kappa shape index (κ1) is 16.8. The van der Waals surface area contributed by atoms with Crippen LogP contribution in [0.4, 0.5) is 0 Å². The second-order valence-corrected chi connectivity index (χ2v) is 4.99. The lowest BCUT2D eigenvalue weighted by Gasteiger charge is -2.12. The van der Waals surface area contributed by atoms with Gasteiger partial charge in [0, 0.05) is 11.6 Å². The topological polar surface area (TPSA) is 66.0 Å². The van der Waals surface area contributed by atoms with Crippen molar-refractivity contribution in [2.24, 2.45) is 0 Å². The molecule has 23 heavy (non-hydrogen) atoms. The van der Waals surface area contributed by atoms with Crippen molar-refractivity contribution in [2.75, 3.05) is 5.52 Å². The van der Waals surface area contributed by atoms with Crippen LogP contribution in [0.2, 0.25) is 0 Å². The maximum absolute atomic E-state index is 9.01. The van der Waals surface area contributed by atoms with Gasteiger partial charge in [0.25, 0.3) is 0 Å². The molecule has 0 heterocycles. The van der Waals surface area contributed by atoms with Crippen molar-refractivity contribution in [3.05, 3.63) is 65.2 Å². The maximum atomic E-state index is 9.01. The summed E-state index contributed by atoms with van der Waals surface area (Å²) in [5.74, 6) is 1.28. The number of halogens is 1. The monoisotopic (exact) mass is 368 g/mol. The number of alkyl halides is 1. The van der Waals surface area contributed by atoms with Gasteiger partial charge in [-0.15, -0.1) is 0 Å². The number of rotatable bonds is 6. The maximum Gasteiger partial charge on any atom is 0.133 e. The SMILES string of the molecule is N#C/C=C/c1cccc(Oc2ccc(C#N)cc2COCBr)c1. The predicted octanol–water partition coefficient (Wildman–Crippen LogP) is 4.76. The average molecular weight is 369 g/mol. The Morgan fingerprint density at radius 2 is 2.00 bits per heavy atom. The number of nitrogens with zero attached hydrogens (tertiary/aromatic N) is 2. The third kappa shape index (κ3) is 4.96. The van der Waals surface area contributed by atoms with Gasteiger partial charge in [-0.3, -0.25) is 0 Å². The predicted molar refractivity (Wildman–Crippen MR) is 90.9 cm³/mol. The van der Waals surface area contributed by atoms with Gasteiger partial charge in [0.05, 0.1) is 24.3 Å². The summed E-state index contributed by atoms with van der Waals surface area (Å²) in [7, 11) is 0. The molecule has 0 fully saturated rings. The zero-order chi connectivity index (χ0) is 16.5. The highest BCUT2D eigenvalue weighted by Crippen LogP contribution is 2.28. The van der Waals surface area contributed by atoms with Crippen LogP contribution < -0.4 is 4.74 Å². The first-order valence-electron chi connectivity index (χ1n) is 6.77. The van der Waals surface area contributed by atoms with Gasteiger partial charge in [0.2, 0.25) is 0 Å². The average Bonchev–Trinajstić information content (AvgIpc) is 2.59. The molecule has 0 saturated heterocycles. The molecule has 0 amide bonds. The molecular formula is C18H13BrN2O2. The molecule has 0 radical (unpaired) electrons. The van der Waals surface area contributed by atoms with Gasteiger partial charge in [0.15, 0.2) is 0 Å². The molecule has 0 atom stereocenters. The minimum absolute atomic E-state index is 0.337. The van der Waals surface area contributed by atoms with Crippen molar-refractivity contribution in [1.29, 1.82) is 10.5 Å². The molecule has 2 aromatic carbocycles. The van der Waals surface area contributed by atoms with E-state index in [1.807, 2.05) is 30.3 Å². The number of nitriles is 2. The zero-order valence-electron chi connectivity index (χ0n) is 12.2. The molecular weight excluding hydrogens is 356 g/mol. The minimum atomic E-state index is 0.337. The van der Waals surface area contributed by atoms with E-state index in [2.05, 4.69) is 22.0 Å². The van der Waals surface area contributed by atoms with E-state index in [1.54, 1.807) is 24.3 Å². The molecule has 0 spiro atoms. The van der Waals surface area contributed by atoms with E-state index >= 15 is 0 Å². The number of benzene rings is 2. The molecule has 2 rings (SSSR count). The van der Waals surface area contributed by atoms with Crippen LogP contribution in [0, 0.1) is 22.7 Å². The van der Waals surface area contributed by atoms with E-state index in [0.29, 0.717) is 29.2 Å². The summed E-state index contributed by atoms with van der Waals surface area (Å²) < 4.78 is 11.3. The van der Waals surface area contributed by atoms with Crippen LogP contribution in [0.5, 0.6) is 11.5 Å². The Kier molecular flexibility index (Phi) is 6.38. The Bertz CT molecular complexity index is 788. The van der Waals surface area contributed by atoms with Crippen LogP contribution >= 0.6 is 15.9 Å². The summed E-state index contributed by atoms with van der Waals surface area (Å²) in [6, 6.07) is 16.7. The molecule has 114 valence electrons. The Morgan fingerprint density at radius 1 is 1.13 bits per heavy atom. The standard InChI is InChI=1S/C18H13BrN2O2/c19-13-22-12-16-9-15(11-21)6-7-18(16)23-17-5-1-3-14(10-17)4-2-8-20/h1-7,9-10H,12-13H2/b4-2+. The molecule has 5 heteroatoms. The highest BCUT2D eigenvalue weighted by molar-refractivity contribution is 9.09. The first-order valence-corrected chi connectivity index (χ1v) is 7.90. The molecule has 0 unspecified atom stereocenters. The summed E-state index contributed by atoms with van der Waals surface area (Å²) in [5, 5.41) is 17.6. The van der Waals surface area contributed by atoms with Crippen LogP contribution in [-0.2, 0) is 11.3 Å². The number of ether oxygens (including phenoxy) is 2. The van der Waals surface area contributed by atoms with E-state index < -0.39 is 0 Å². The fraction of sp³-hybridized carbons (Fsp3) is 0.111. The van der Waals surface area contributed by atoms with Gasteiger partial charge in [0.1, 0.15) is 17.0 Å². The molecule has 0 aromatic heterocycles. The molecule has 4 nitrogen and oxygen atoms in total. The third-order valence-corrected chi connectivity index (χ3v) is 3.28. The number of hydrogen-bond donors (Lipinski definition) is 0. The van der Waals surface area contributed by atoms with Crippen molar-refractivity contribution in [2.45, 2.75) is 6.61 Å². The van der Waals surface area contributed by atoms with E-state index in [-0.39, 0.29) is 0 Å². The summed E-state index contributed by atoms with van der Waals surface area (Å²) in [4.78, 5) is 0. The van der Waals surface area contributed by atoms with Crippen molar-refractivity contribution < 1.29 is 9.47 Å². The van der Waals surface area contributed by atoms with Crippen LogP contribution in [-0.4, -0.2) is 5.52 Å². The lowest BCUT2D eigenvalue weighted by molar-refractivity contribution is 0.170. The minimum Gasteiger partial charge on any atom is -0.457 e. The Balaban J connectivity index is 2.27. The van der Waals surface area contributed by atoms with E-state index in [9.17, 15) is 0 Å². The summed E-state index contributed by atoms with van der Waals surface area (Å²) in [6.07, 6.45) is 3.12. The van der Waals surface area contributed by atoms with Gasteiger partial charge < -0.3 is 9.47 Å². The van der Waals surface area contributed by atoms with E-state index in [4.69, 9.17) is 20.0 Å². The lowest BCUT2D eigenvalue weighted by Crippen LogP contribution is -1.96. The second-order valence-electron chi connectivity index (χ2n) is 4.53. The Hall–Kier alpha value is -2.60. The molecule has 0 aliphatic heterocycles.